The highest BCUT2D eigenvalue weighted by molar-refractivity contribution is 7.92. The lowest BCUT2D eigenvalue weighted by molar-refractivity contribution is 0.0600. The van der Waals surface area contributed by atoms with Crippen LogP contribution in [0.4, 0.5) is 10.1 Å². The van der Waals surface area contributed by atoms with Crippen LogP contribution in [0.5, 0.6) is 0 Å². The highest BCUT2D eigenvalue weighted by Gasteiger charge is 2.20. The molecule has 0 atom stereocenters. The lowest BCUT2D eigenvalue weighted by Crippen LogP contribution is -2.13. The van der Waals surface area contributed by atoms with Crippen molar-refractivity contribution in [2.24, 2.45) is 0 Å². The largest absolute Gasteiger partial charge is 0.465 e. The summed E-state index contributed by atoms with van der Waals surface area (Å²) in [6.07, 6.45) is 0. The van der Waals surface area contributed by atoms with Gasteiger partial charge in [0.25, 0.3) is 10.0 Å². The van der Waals surface area contributed by atoms with Crippen LogP contribution in [0.2, 0.25) is 0 Å². The molecule has 0 aliphatic carbocycles. The van der Waals surface area contributed by atoms with Gasteiger partial charge in [0.05, 0.1) is 12.0 Å². The van der Waals surface area contributed by atoms with Crippen LogP contribution in [-0.2, 0) is 14.8 Å². The first-order valence-corrected chi connectivity index (χ1v) is 8.70. The average molecular weight is 363 g/mol. The summed E-state index contributed by atoms with van der Waals surface area (Å²) >= 11 is 0. The van der Waals surface area contributed by atoms with E-state index in [4.69, 9.17) is 9.15 Å². The Morgan fingerprint density at radius 2 is 1.84 bits per heavy atom. The predicted molar refractivity (Wildman–Crippen MR) is 89.5 cm³/mol. The molecule has 1 N–H and O–H groups in total. The zero-order valence-corrected chi connectivity index (χ0v) is 14.2. The van der Waals surface area contributed by atoms with Gasteiger partial charge in [-0.3, -0.25) is 4.72 Å². The molecule has 8 heteroatoms. The fourth-order valence-corrected chi connectivity index (χ4v) is 3.52. The van der Waals surface area contributed by atoms with Crippen molar-refractivity contribution in [3.8, 4) is 0 Å². The molecular weight excluding hydrogens is 349 g/mol. The van der Waals surface area contributed by atoms with Crippen molar-refractivity contribution in [1.82, 2.24) is 0 Å². The molecule has 3 aromatic rings. The van der Waals surface area contributed by atoms with E-state index in [9.17, 15) is 17.6 Å². The number of esters is 1. The van der Waals surface area contributed by atoms with E-state index in [1.54, 1.807) is 13.0 Å². The van der Waals surface area contributed by atoms with Crippen LogP contribution in [0.15, 0.2) is 51.8 Å². The molecule has 1 heterocycles. The van der Waals surface area contributed by atoms with Crippen molar-refractivity contribution < 1.29 is 26.8 Å². The molecular formula is C17H14FNO5S. The highest BCUT2D eigenvalue weighted by atomic mass is 32.2. The second-order valence-electron chi connectivity index (χ2n) is 5.30. The van der Waals surface area contributed by atoms with Gasteiger partial charge in [-0.1, -0.05) is 0 Å². The number of carbonyl (C=O) groups excluding carboxylic acids is 1. The number of hydrogen-bond donors (Lipinski definition) is 1. The van der Waals surface area contributed by atoms with E-state index in [1.807, 2.05) is 0 Å². The Kier molecular flexibility index (Phi) is 4.22. The minimum absolute atomic E-state index is 0.0782. The second-order valence-corrected chi connectivity index (χ2v) is 6.98. The third-order valence-corrected chi connectivity index (χ3v) is 5.03. The first kappa shape index (κ1) is 17.0. The molecule has 0 spiro atoms. The Morgan fingerprint density at radius 3 is 2.48 bits per heavy atom. The first-order valence-electron chi connectivity index (χ1n) is 7.21. The third-order valence-electron chi connectivity index (χ3n) is 3.63. The number of rotatable bonds is 4. The molecule has 0 fully saturated rings. The van der Waals surface area contributed by atoms with E-state index in [1.165, 1.54) is 19.2 Å². The summed E-state index contributed by atoms with van der Waals surface area (Å²) in [5, 5.41) is 0.434. The van der Waals surface area contributed by atoms with Gasteiger partial charge in [-0.2, -0.15) is 0 Å². The molecule has 0 aliphatic rings. The number of sulfonamides is 1. The molecule has 0 radical (unpaired) electrons. The number of hydrogen-bond acceptors (Lipinski definition) is 5. The zero-order chi connectivity index (χ0) is 18.2. The number of aryl methyl sites for hydroxylation is 1. The summed E-state index contributed by atoms with van der Waals surface area (Å²) < 4.78 is 50.3. The molecule has 0 saturated heterocycles. The van der Waals surface area contributed by atoms with Crippen molar-refractivity contribution in [1.29, 1.82) is 0 Å². The zero-order valence-electron chi connectivity index (χ0n) is 13.4. The lowest BCUT2D eigenvalue weighted by Gasteiger charge is -2.08. The van der Waals surface area contributed by atoms with Crippen molar-refractivity contribution >= 4 is 32.6 Å². The lowest BCUT2D eigenvalue weighted by atomic mass is 10.1. The first-order chi connectivity index (χ1) is 11.8. The highest BCUT2D eigenvalue weighted by Crippen LogP contribution is 2.29. The molecule has 2 aromatic carbocycles. The Bertz CT molecular complexity index is 1050. The minimum Gasteiger partial charge on any atom is -0.465 e. The number of halogens is 1. The number of carbonyl (C=O) groups is 1. The molecule has 3 rings (SSSR count). The standard InChI is InChI=1S/C17H14FNO5S/c1-10-16(17(20)23-2)14-9-12(5-8-15(14)24-10)19-25(21,22)13-6-3-11(18)4-7-13/h3-9,19H,1-2H3. The van der Waals surface area contributed by atoms with Crippen molar-refractivity contribution in [2.75, 3.05) is 11.8 Å². The van der Waals surface area contributed by atoms with E-state index in [2.05, 4.69) is 4.72 Å². The monoisotopic (exact) mass is 363 g/mol. The number of fused-ring (bicyclic) bond motifs is 1. The second kappa shape index (κ2) is 6.21. The molecule has 25 heavy (non-hydrogen) atoms. The quantitative estimate of drug-likeness (QED) is 0.718. The SMILES string of the molecule is COC(=O)c1c(C)oc2ccc(NS(=O)(=O)c3ccc(F)cc3)cc12. The summed E-state index contributed by atoms with van der Waals surface area (Å²) in [5.41, 5.74) is 0.908. The Labute approximate surface area is 143 Å². The smallest absolute Gasteiger partial charge is 0.342 e. The summed E-state index contributed by atoms with van der Waals surface area (Å²) in [6.45, 7) is 1.62. The Balaban J connectivity index is 2.02. The van der Waals surface area contributed by atoms with Gasteiger partial charge in [0.1, 0.15) is 22.7 Å². The molecule has 0 unspecified atom stereocenters. The number of nitrogens with one attached hydrogen (secondary N) is 1. The summed E-state index contributed by atoms with van der Waals surface area (Å²) in [7, 11) is -2.64. The molecule has 0 saturated carbocycles. The Hall–Kier alpha value is -2.87. The van der Waals surface area contributed by atoms with Gasteiger partial charge in [0, 0.05) is 11.1 Å². The van der Waals surface area contributed by atoms with E-state index in [0.717, 1.165) is 24.3 Å². The number of anilines is 1. The molecule has 0 bridgehead atoms. The maximum Gasteiger partial charge on any atom is 0.342 e. The van der Waals surface area contributed by atoms with Crippen LogP contribution in [-0.4, -0.2) is 21.5 Å². The predicted octanol–water partition coefficient (Wildman–Crippen LogP) is 3.47. The topological polar surface area (TPSA) is 85.6 Å². The van der Waals surface area contributed by atoms with E-state index in [0.29, 0.717) is 16.7 Å². The van der Waals surface area contributed by atoms with Gasteiger partial charge in [0.15, 0.2) is 0 Å². The molecule has 0 aliphatic heterocycles. The van der Waals surface area contributed by atoms with E-state index < -0.39 is 21.8 Å². The van der Waals surface area contributed by atoms with Crippen LogP contribution in [0, 0.1) is 12.7 Å². The van der Waals surface area contributed by atoms with E-state index >= 15 is 0 Å². The number of furan rings is 1. The maximum atomic E-state index is 13.0. The number of methoxy groups -OCH3 is 1. The summed E-state index contributed by atoms with van der Waals surface area (Å²) in [5.74, 6) is -0.729. The van der Waals surface area contributed by atoms with Crippen molar-refractivity contribution in [3.05, 3.63) is 59.6 Å². The van der Waals surface area contributed by atoms with Gasteiger partial charge in [-0.15, -0.1) is 0 Å². The average Bonchev–Trinajstić information content (AvgIpc) is 2.89. The Morgan fingerprint density at radius 1 is 1.16 bits per heavy atom. The number of benzene rings is 2. The fourth-order valence-electron chi connectivity index (χ4n) is 2.47. The molecule has 1 aromatic heterocycles. The molecule has 6 nitrogen and oxygen atoms in total. The third kappa shape index (κ3) is 3.20. The van der Waals surface area contributed by atoms with Crippen LogP contribution < -0.4 is 4.72 Å². The summed E-state index contributed by atoms with van der Waals surface area (Å²) in [6, 6.07) is 9.00. The van der Waals surface area contributed by atoms with E-state index in [-0.39, 0.29) is 16.1 Å². The normalized spacial score (nSPS) is 11.5. The van der Waals surface area contributed by atoms with Crippen molar-refractivity contribution in [2.45, 2.75) is 11.8 Å². The van der Waals surface area contributed by atoms with Crippen LogP contribution in [0.25, 0.3) is 11.0 Å². The summed E-state index contributed by atoms with van der Waals surface area (Å²) in [4.78, 5) is 11.8. The minimum atomic E-state index is -3.89. The van der Waals surface area contributed by atoms with Crippen molar-refractivity contribution in [3.63, 3.8) is 0 Å². The maximum absolute atomic E-state index is 13.0. The van der Waals surface area contributed by atoms with Gasteiger partial charge < -0.3 is 9.15 Å². The number of ether oxygens (including phenoxy) is 1. The van der Waals surface area contributed by atoms with Crippen LogP contribution >= 0.6 is 0 Å². The van der Waals surface area contributed by atoms with Gasteiger partial charge >= 0.3 is 5.97 Å². The van der Waals surface area contributed by atoms with Gasteiger partial charge in [0.2, 0.25) is 0 Å². The van der Waals surface area contributed by atoms with Gasteiger partial charge in [-0.25, -0.2) is 17.6 Å². The molecule has 0 amide bonds. The van der Waals surface area contributed by atoms with Crippen LogP contribution in [0.1, 0.15) is 16.1 Å². The fraction of sp³-hybridized carbons (Fsp3) is 0.118. The van der Waals surface area contributed by atoms with Gasteiger partial charge in [-0.05, 0) is 49.4 Å². The van der Waals surface area contributed by atoms with Crippen LogP contribution in [0.3, 0.4) is 0 Å². The molecule has 130 valence electrons.